The quantitative estimate of drug-likeness (QED) is 0.449. The van der Waals surface area contributed by atoms with Crippen LogP contribution in [0, 0.1) is 0 Å². The van der Waals surface area contributed by atoms with E-state index in [1.807, 2.05) is 0 Å². The summed E-state index contributed by atoms with van der Waals surface area (Å²) in [6.07, 6.45) is 3.11. The molecule has 0 aromatic heterocycles. The van der Waals surface area contributed by atoms with Gasteiger partial charge in [0.25, 0.3) is 0 Å². The Labute approximate surface area is 212 Å². The normalized spacial score (nSPS) is 15.0. The van der Waals surface area contributed by atoms with Gasteiger partial charge in [-0.2, -0.15) is 4.31 Å². The van der Waals surface area contributed by atoms with Crippen molar-refractivity contribution in [1.29, 1.82) is 0 Å². The Morgan fingerprint density at radius 1 is 0.917 bits per heavy atom. The van der Waals surface area contributed by atoms with Gasteiger partial charge in [0, 0.05) is 45.3 Å². The monoisotopic (exact) mass is 519 g/mol. The van der Waals surface area contributed by atoms with Crippen molar-refractivity contribution in [1.82, 2.24) is 14.5 Å². The summed E-state index contributed by atoms with van der Waals surface area (Å²) in [5.74, 6) is 1.87. The van der Waals surface area contributed by atoms with E-state index in [2.05, 4.69) is 10.2 Å². The highest BCUT2D eigenvalue weighted by Crippen LogP contribution is 2.38. The zero-order valence-electron chi connectivity index (χ0n) is 21.0. The van der Waals surface area contributed by atoms with Gasteiger partial charge in [-0.3, -0.25) is 9.69 Å². The van der Waals surface area contributed by atoms with Gasteiger partial charge in [-0.25, -0.2) is 8.42 Å². The second-order valence-corrected chi connectivity index (χ2v) is 9.94. The van der Waals surface area contributed by atoms with E-state index in [0.717, 1.165) is 5.56 Å². The minimum absolute atomic E-state index is 0.232. The first kappa shape index (κ1) is 27.3. The molecular formula is C25H33N3O7S. The Kier molecular flexibility index (Phi) is 9.57. The molecule has 2 aromatic rings. The minimum atomic E-state index is -3.55. The Hall–Kier alpha value is -3.28. The molecule has 2 aromatic carbocycles. The molecule has 1 aliphatic rings. The first-order chi connectivity index (χ1) is 17.3. The van der Waals surface area contributed by atoms with Crippen molar-refractivity contribution < 1.29 is 32.2 Å². The standard InChI is InChI=1S/C25H33N3O7S/c1-32-20-6-8-21(9-7-20)36(30,31)28-15-13-27(14-16-28)12-11-26-24(29)10-5-19-17-22(33-2)25(35-4)23(18-19)34-3/h5-10,17-18H,11-16H2,1-4H3,(H,26,29)/b10-5-. The molecule has 3 rings (SSSR count). The molecule has 11 heteroatoms. The van der Waals surface area contributed by atoms with Crippen LogP contribution < -0.4 is 24.3 Å². The summed E-state index contributed by atoms with van der Waals surface area (Å²) in [6.45, 7) is 3.04. The number of hydrogen-bond donors (Lipinski definition) is 1. The number of nitrogens with one attached hydrogen (secondary N) is 1. The first-order valence-corrected chi connectivity index (χ1v) is 12.9. The van der Waals surface area contributed by atoms with Crippen LogP contribution in [0.3, 0.4) is 0 Å². The van der Waals surface area contributed by atoms with Crippen molar-refractivity contribution in [3.8, 4) is 23.0 Å². The summed E-state index contributed by atoms with van der Waals surface area (Å²) < 4.78 is 48.3. The van der Waals surface area contributed by atoms with Crippen molar-refractivity contribution in [3.05, 3.63) is 48.0 Å². The number of carbonyl (C=O) groups is 1. The molecule has 0 radical (unpaired) electrons. The van der Waals surface area contributed by atoms with Crippen molar-refractivity contribution >= 4 is 22.0 Å². The highest BCUT2D eigenvalue weighted by molar-refractivity contribution is 7.89. The van der Waals surface area contributed by atoms with Gasteiger partial charge in [0.1, 0.15) is 5.75 Å². The molecule has 196 valence electrons. The van der Waals surface area contributed by atoms with E-state index in [4.69, 9.17) is 18.9 Å². The topological polar surface area (TPSA) is 107 Å². The van der Waals surface area contributed by atoms with E-state index in [1.54, 1.807) is 42.5 Å². The van der Waals surface area contributed by atoms with Crippen LogP contribution in [0.1, 0.15) is 5.56 Å². The van der Waals surface area contributed by atoms with Crippen molar-refractivity contribution in [3.63, 3.8) is 0 Å². The molecule has 0 atom stereocenters. The van der Waals surface area contributed by atoms with Crippen molar-refractivity contribution in [2.24, 2.45) is 0 Å². The zero-order valence-corrected chi connectivity index (χ0v) is 21.8. The predicted molar refractivity (Wildman–Crippen MR) is 136 cm³/mol. The number of ether oxygens (including phenoxy) is 4. The third-order valence-corrected chi connectivity index (χ3v) is 7.78. The van der Waals surface area contributed by atoms with Gasteiger partial charge in [-0.15, -0.1) is 0 Å². The van der Waals surface area contributed by atoms with Crippen LogP contribution in [0.25, 0.3) is 6.08 Å². The van der Waals surface area contributed by atoms with Crippen LogP contribution in [0.15, 0.2) is 47.4 Å². The maximum absolute atomic E-state index is 12.9. The molecule has 0 unspecified atom stereocenters. The van der Waals surface area contributed by atoms with Gasteiger partial charge in [-0.05, 0) is 48.0 Å². The van der Waals surface area contributed by atoms with Gasteiger partial charge in [-0.1, -0.05) is 0 Å². The summed E-state index contributed by atoms with van der Waals surface area (Å²) in [7, 11) is 2.59. The SMILES string of the molecule is COc1ccc(S(=O)(=O)N2CCN(CCNC(=O)/C=C\c3cc(OC)c(OC)c(OC)c3)CC2)cc1. The number of carbonyl (C=O) groups excluding carboxylic acids is 1. The number of sulfonamides is 1. The number of benzene rings is 2. The van der Waals surface area contributed by atoms with E-state index >= 15 is 0 Å². The Balaban J connectivity index is 1.46. The Morgan fingerprint density at radius 2 is 1.53 bits per heavy atom. The number of rotatable bonds is 11. The number of piperazine rings is 1. The minimum Gasteiger partial charge on any atom is -0.497 e. The Bertz CT molecular complexity index is 1130. The summed E-state index contributed by atoms with van der Waals surface area (Å²) in [5, 5.41) is 2.86. The van der Waals surface area contributed by atoms with Gasteiger partial charge in [0.05, 0.1) is 33.3 Å². The molecule has 0 aliphatic carbocycles. The molecule has 1 saturated heterocycles. The molecule has 1 aliphatic heterocycles. The number of methoxy groups -OCH3 is 4. The number of amides is 1. The zero-order chi connectivity index (χ0) is 26.1. The van der Waals surface area contributed by atoms with Crippen LogP contribution in [-0.2, 0) is 14.8 Å². The maximum Gasteiger partial charge on any atom is 0.244 e. The summed E-state index contributed by atoms with van der Waals surface area (Å²) >= 11 is 0. The maximum atomic E-state index is 12.9. The number of hydrogen-bond acceptors (Lipinski definition) is 8. The summed E-state index contributed by atoms with van der Waals surface area (Å²) in [5.41, 5.74) is 0.730. The van der Waals surface area contributed by atoms with Crippen LogP contribution in [0.4, 0.5) is 0 Å². The second kappa shape index (κ2) is 12.6. The van der Waals surface area contributed by atoms with Gasteiger partial charge < -0.3 is 24.3 Å². The lowest BCUT2D eigenvalue weighted by Crippen LogP contribution is -2.50. The van der Waals surface area contributed by atoms with Crippen LogP contribution in [-0.4, -0.2) is 91.2 Å². The van der Waals surface area contributed by atoms with E-state index in [-0.39, 0.29) is 10.8 Å². The molecular weight excluding hydrogens is 486 g/mol. The fourth-order valence-corrected chi connectivity index (χ4v) is 5.28. The molecule has 36 heavy (non-hydrogen) atoms. The lowest BCUT2D eigenvalue weighted by molar-refractivity contribution is -0.116. The molecule has 10 nitrogen and oxygen atoms in total. The molecule has 1 fully saturated rings. The van der Waals surface area contributed by atoms with Crippen molar-refractivity contribution in [2.75, 3.05) is 67.7 Å². The highest BCUT2D eigenvalue weighted by Gasteiger charge is 2.28. The van der Waals surface area contributed by atoms with Gasteiger partial charge in [0.15, 0.2) is 11.5 Å². The van der Waals surface area contributed by atoms with E-state index < -0.39 is 10.0 Å². The van der Waals surface area contributed by atoms with E-state index in [9.17, 15) is 13.2 Å². The number of nitrogens with zero attached hydrogens (tertiary/aromatic N) is 2. The van der Waals surface area contributed by atoms with E-state index in [1.165, 1.54) is 38.8 Å². The van der Waals surface area contributed by atoms with Crippen LogP contribution in [0.2, 0.25) is 0 Å². The average Bonchev–Trinajstić information content (AvgIpc) is 2.91. The molecule has 0 bridgehead atoms. The fraction of sp³-hybridized carbons (Fsp3) is 0.400. The largest absolute Gasteiger partial charge is 0.497 e. The lowest BCUT2D eigenvalue weighted by atomic mass is 10.1. The lowest BCUT2D eigenvalue weighted by Gasteiger charge is -2.33. The van der Waals surface area contributed by atoms with Crippen molar-refractivity contribution in [2.45, 2.75) is 4.90 Å². The molecule has 0 spiro atoms. The van der Waals surface area contributed by atoms with E-state index in [0.29, 0.717) is 62.3 Å². The highest BCUT2D eigenvalue weighted by atomic mass is 32.2. The Morgan fingerprint density at radius 3 is 2.06 bits per heavy atom. The third-order valence-electron chi connectivity index (χ3n) is 5.87. The fourth-order valence-electron chi connectivity index (χ4n) is 3.86. The third kappa shape index (κ3) is 6.68. The van der Waals surface area contributed by atoms with Crippen LogP contribution >= 0.6 is 0 Å². The molecule has 1 N–H and O–H groups in total. The average molecular weight is 520 g/mol. The van der Waals surface area contributed by atoms with Gasteiger partial charge in [0.2, 0.25) is 21.7 Å². The predicted octanol–water partition coefficient (Wildman–Crippen LogP) is 1.86. The molecule has 1 heterocycles. The second-order valence-electron chi connectivity index (χ2n) is 8.00. The van der Waals surface area contributed by atoms with Gasteiger partial charge >= 0.3 is 0 Å². The first-order valence-electron chi connectivity index (χ1n) is 11.4. The molecule has 0 saturated carbocycles. The summed E-state index contributed by atoms with van der Waals surface area (Å²) in [6, 6.07) is 9.91. The van der Waals surface area contributed by atoms with Crippen LogP contribution in [0.5, 0.6) is 23.0 Å². The smallest absolute Gasteiger partial charge is 0.244 e. The molecule has 1 amide bonds. The summed E-state index contributed by atoms with van der Waals surface area (Å²) in [4.78, 5) is 14.7.